The number of hydrogen-bond acceptors (Lipinski definition) is 4. The maximum Gasteiger partial charge on any atom is 0.305 e. The van der Waals surface area contributed by atoms with E-state index < -0.39 is 5.97 Å². The van der Waals surface area contributed by atoms with Crippen molar-refractivity contribution in [3.05, 3.63) is 29.8 Å². The van der Waals surface area contributed by atoms with Crippen LogP contribution < -0.4 is 5.43 Å². The number of carboxylic acid groups (broad SMARTS) is 1. The molecule has 1 aromatic rings. The van der Waals surface area contributed by atoms with Crippen molar-refractivity contribution < 1.29 is 14.7 Å². The number of hydrogen-bond donors (Lipinski definition) is 2. The standard InChI is InChI=1S/C15H19N3O3/c1-16-17-13-8-3-2-7-12(13)15(21)18(10-9-14(19)20)11-5-4-6-11/h2-3,7-8,11,17H,1,4-6,9-10H2,(H,19,20). The van der Waals surface area contributed by atoms with Gasteiger partial charge >= 0.3 is 5.97 Å². The summed E-state index contributed by atoms with van der Waals surface area (Å²) in [7, 11) is 0. The summed E-state index contributed by atoms with van der Waals surface area (Å²) < 4.78 is 0. The predicted octanol–water partition coefficient (Wildman–Crippen LogP) is 2.18. The van der Waals surface area contributed by atoms with Gasteiger partial charge in [-0.2, -0.15) is 5.10 Å². The number of aliphatic carboxylic acids is 1. The van der Waals surface area contributed by atoms with E-state index in [0.717, 1.165) is 19.3 Å². The Bertz CT molecular complexity index is 541. The van der Waals surface area contributed by atoms with Crippen LogP contribution in [0.25, 0.3) is 0 Å². The Hall–Kier alpha value is -2.37. The molecule has 1 aliphatic carbocycles. The fourth-order valence-corrected chi connectivity index (χ4v) is 2.37. The first-order valence-corrected chi connectivity index (χ1v) is 6.97. The number of carboxylic acids is 1. The Kier molecular flexibility index (Phi) is 4.92. The topological polar surface area (TPSA) is 82.0 Å². The molecule has 1 aliphatic rings. The minimum absolute atomic E-state index is 0.0441. The number of nitrogens with one attached hydrogen (secondary N) is 1. The highest BCUT2D eigenvalue weighted by Crippen LogP contribution is 2.28. The normalized spacial score (nSPS) is 14.1. The highest BCUT2D eigenvalue weighted by Gasteiger charge is 2.30. The van der Waals surface area contributed by atoms with Gasteiger partial charge in [-0.25, -0.2) is 0 Å². The van der Waals surface area contributed by atoms with Crippen molar-refractivity contribution in [1.29, 1.82) is 0 Å². The lowest BCUT2D eigenvalue weighted by molar-refractivity contribution is -0.137. The Morgan fingerprint density at radius 3 is 2.67 bits per heavy atom. The summed E-state index contributed by atoms with van der Waals surface area (Å²) in [4.78, 5) is 25.2. The lowest BCUT2D eigenvalue weighted by Crippen LogP contribution is -2.45. The van der Waals surface area contributed by atoms with Crippen LogP contribution in [0.4, 0.5) is 5.69 Å². The molecule has 2 rings (SSSR count). The molecule has 0 heterocycles. The molecule has 6 nitrogen and oxygen atoms in total. The van der Waals surface area contributed by atoms with Crippen molar-refractivity contribution in [2.75, 3.05) is 12.0 Å². The number of rotatable bonds is 7. The van der Waals surface area contributed by atoms with Crippen molar-refractivity contribution in [3.8, 4) is 0 Å². The Balaban J connectivity index is 2.20. The van der Waals surface area contributed by atoms with E-state index >= 15 is 0 Å². The van der Waals surface area contributed by atoms with Crippen molar-refractivity contribution in [3.63, 3.8) is 0 Å². The molecular formula is C15H19N3O3. The average molecular weight is 289 g/mol. The van der Waals surface area contributed by atoms with Crippen molar-refractivity contribution >= 4 is 24.3 Å². The number of benzene rings is 1. The van der Waals surface area contributed by atoms with Crippen molar-refractivity contribution in [1.82, 2.24) is 4.90 Å². The number of carbonyl (C=O) groups excluding carboxylic acids is 1. The van der Waals surface area contributed by atoms with Gasteiger partial charge < -0.3 is 10.0 Å². The van der Waals surface area contributed by atoms with Crippen molar-refractivity contribution in [2.45, 2.75) is 31.7 Å². The lowest BCUT2D eigenvalue weighted by atomic mass is 9.90. The number of nitrogens with zero attached hydrogens (tertiary/aromatic N) is 2. The molecular weight excluding hydrogens is 270 g/mol. The number of carbonyl (C=O) groups is 2. The van der Waals surface area contributed by atoms with Gasteiger partial charge in [0.2, 0.25) is 0 Å². The van der Waals surface area contributed by atoms with Gasteiger partial charge in [0.15, 0.2) is 0 Å². The van der Waals surface area contributed by atoms with E-state index in [0.29, 0.717) is 11.3 Å². The average Bonchev–Trinajstić information content (AvgIpc) is 2.41. The van der Waals surface area contributed by atoms with Crippen LogP contribution in [0.5, 0.6) is 0 Å². The molecule has 0 spiro atoms. The highest BCUT2D eigenvalue weighted by molar-refractivity contribution is 6.00. The molecule has 21 heavy (non-hydrogen) atoms. The van der Waals surface area contributed by atoms with E-state index in [1.54, 1.807) is 29.2 Å². The molecule has 0 bridgehead atoms. The second kappa shape index (κ2) is 6.88. The zero-order valence-electron chi connectivity index (χ0n) is 11.8. The van der Waals surface area contributed by atoms with E-state index in [2.05, 4.69) is 17.2 Å². The number of amides is 1. The maximum absolute atomic E-state index is 12.7. The van der Waals surface area contributed by atoms with Gasteiger partial charge in [-0.05, 0) is 31.4 Å². The zero-order chi connectivity index (χ0) is 15.2. The molecule has 112 valence electrons. The zero-order valence-corrected chi connectivity index (χ0v) is 11.8. The smallest absolute Gasteiger partial charge is 0.305 e. The fourth-order valence-electron chi connectivity index (χ4n) is 2.37. The van der Waals surface area contributed by atoms with E-state index in [1.165, 1.54) is 0 Å². The van der Waals surface area contributed by atoms with Gasteiger partial charge in [-0.3, -0.25) is 15.0 Å². The molecule has 0 aromatic heterocycles. The number of anilines is 1. The first kappa shape index (κ1) is 15.0. The van der Waals surface area contributed by atoms with E-state index in [1.807, 2.05) is 0 Å². The minimum Gasteiger partial charge on any atom is -0.481 e. The molecule has 0 radical (unpaired) electrons. The SMILES string of the molecule is C=NNc1ccccc1C(=O)N(CCC(=O)O)C1CCC1. The first-order valence-electron chi connectivity index (χ1n) is 6.97. The van der Waals surface area contributed by atoms with Gasteiger partial charge in [0, 0.05) is 19.3 Å². The monoisotopic (exact) mass is 289 g/mol. The molecule has 1 amide bonds. The summed E-state index contributed by atoms with van der Waals surface area (Å²) in [5, 5.41) is 12.4. The maximum atomic E-state index is 12.7. The second-order valence-corrected chi connectivity index (χ2v) is 5.04. The summed E-state index contributed by atoms with van der Waals surface area (Å²) in [6.07, 6.45) is 2.90. The first-order chi connectivity index (χ1) is 10.1. The summed E-state index contributed by atoms with van der Waals surface area (Å²) in [6.45, 7) is 3.59. The van der Waals surface area contributed by atoms with Crippen molar-refractivity contribution in [2.24, 2.45) is 5.10 Å². The molecule has 1 saturated carbocycles. The fraction of sp³-hybridized carbons (Fsp3) is 0.400. The number of para-hydroxylation sites is 1. The Labute approximate surface area is 123 Å². The third kappa shape index (κ3) is 3.59. The van der Waals surface area contributed by atoms with Gasteiger partial charge in [-0.15, -0.1) is 0 Å². The number of hydrazone groups is 1. The van der Waals surface area contributed by atoms with E-state index in [-0.39, 0.29) is 24.9 Å². The highest BCUT2D eigenvalue weighted by atomic mass is 16.4. The summed E-state index contributed by atoms with van der Waals surface area (Å²) >= 11 is 0. The summed E-state index contributed by atoms with van der Waals surface area (Å²) in [5.74, 6) is -1.06. The summed E-state index contributed by atoms with van der Waals surface area (Å²) in [6, 6.07) is 7.18. The second-order valence-electron chi connectivity index (χ2n) is 5.04. The molecule has 1 fully saturated rings. The van der Waals surface area contributed by atoms with Crippen LogP contribution in [0, 0.1) is 0 Å². The van der Waals surface area contributed by atoms with Crippen LogP contribution in [0.15, 0.2) is 29.4 Å². The molecule has 0 atom stereocenters. The van der Waals surface area contributed by atoms with E-state index in [4.69, 9.17) is 5.11 Å². The lowest BCUT2D eigenvalue weighted by Gasteiger charge is -2.37. The largest absolute Gasteiger partial charge is 0.481 e. The van der Waals surface area contributed by atoms with E-state index in [9.17, 15) is 9.59 Å². The van der Waals surface area contributed by atoms with Crippen LogP contribution in [0.2, 0.25) is 0 Å². The third-order valence-corrected chi connectivity index (χ3v) is 3.70. The van der Waals surface area contributed by atoms with Crippen LogP contribution in [0.3, 0.4) is 0 Å². The van der Waals surface area contributed by atoms with Crippen LogP contribution >= 0.6 is 0 Å². The Morgan fingerprint density at radius 1 is 1.38 bits per heavy atom. The van der Waals surface area contributed by atoms with Gasteiger partial charge in [-0.1, -0.05) is 12.1 Å². The molecule has 0 aliphatic heterocycles. The van der Waals surface area contributed by atoms with Gasteiger partial charge in [0.25, 0.3) is 5.91 Å². The molecule has 1 aromatic carbocycles. The van der Waals surface area contributed by atoms with Crippen LogP contribution in [-0.2, 0) is 4.79 Å². The summed E-state index contributed by atoms with van der Waals surface area (Å²) in [5.41, 5.74) is 3.77. The molecule has 0 saturated heterocycles. The molecule has 2 N–H and O–H groups in total. The van der Waals surface area contributed by atoms with Crippen LogP contribution in [0.1, 0.15) is 36.0 Å². The predicted molar refractivity (Wildman–Crippen MR) is 80.5 cm³/mol. The molecule has 0 unspecified atom stereocenters. The Morgan fingerprint density at radius 2 is 2.10 bits per heavy atom. The van der Waals surface area contributed by atoms with Gasteiger partial charge in [0.1, 0.15) is 0 Å². The van der Waals surface area contributed by atoms with Gasteiger partial charge in [0.05, 0.1) is 17.7 Å². The minimum atomic E-state index is -0.897. The molecule has 6 heteroatoms. The quantitative estimate of drug-likeness (QED) is 0.595. The van der Waals surface area contributed by atoms with Crippen LogP contribution in [-0.4, -0.2) is 41.2 Å². The third-order valence-electron chi connectivity index (χ3n) is 3.70.